The van der Waals surface area contributed by atoms with Gasteiger partial charge in [-0.2, -0.15) is 13.2 Å². The second kappa shape index (κ2) is 38.5. The van der Waals surface area contributed by atoms with Crippen LogP contribution < -0.4 is 5.32 Å². The molecule has 14 nitrogen and oxygen atoms in total. The Labute approximate surface area is 366 Å². The van der Waals surface area contributed by atoms with E-state index in [1.165, 1.54) is 41.9 Å². The topological polar surface area (TPSA) is 140 Å². The fourth-order valence-corrected chi connectivity index (χ4v) is 5.46. The number of benzene rings is 2. The average Bonchev–Trinajstić information content (AvgIpc) is 3.24. The number of anilines is 2. The Morgan fingerprint density at radius 1 is 0.467 bits per heavy atom. The Balaban J connectivity index is 1.24. The van der Waals surface area contributed by atoms with Gasteiger partial charge in [0.15, 0.2) is 0 Å². The highest BCUT2D eigenvalue weighted by Gasteiger charge is 2.30. The van der Waals surface area contributed by atoms with Gasteiger partial charge in [-0.15, -0.1) is 0 Å². The van der Waals surface area contributed by atoms with Gasteiger partial charge in [-0.05, 0) is 47.6 Å². The number of rotatable bonds is 42. The number of para-hydroxylation sites is 1. The highest BCUT2D eigenvalue weighted by molar-refractivity contribution is 14.1. The lowest BCUT2D eigenvalue weighted by molar-refractivity contribution is -0.137. The van der Waals surface area contributed by atoms with Gasteiger partial charge >= 0.3 is 12.1 Å². The van der Waals surface area contributed by atoms with Crippen LogP contribution in [0.25, 0.3) is 0 Å². The maximum absolute atomic E-state index is 13.1. The summed E-state index contributed by atoms with van der Waals surface area (Å²) in [5.41, 5.74) is -0.0912. The summed E-state index contributed by atoms with van der Waals surface area (Å²) in [5.74, 6) is -0.629. The fraction of sp³-hybridized carbons (Fsp3) is 0.690. The van der Waals surface area contributed by atoms with E-state index in [1.807, 2.05) is 0 Å². The van der Waals surface area contributed by atoms with Crippen LogP contribution in [0.3, 0.4) is 0 Å². The van der Waals surface area contributed by atoms with Gasteiger partial charge in [0, 0.05) is 12.3 Å². The normalized spacial score (nSPS) is 11.7. The number of ether oxygens (including phenoxy) is 12. The number of alkyl halides is 4. The van der Waals surface area contributed by atoms with Gasteiger partial charge in [0.25, 0.3) is 0 Å². The molecule has 0 bridgehead atoms. The van der Waals surface area contributed by atoms with Gasteiger partial charge in [-0.1, -0.05) is 53.6 Å². The summed E-state index contributed by atoms with van der Waals surface area (Å²) in [6.45, 7) is 10.4. The molecule has 0 aliphatic carbocycles. The fourth-order valence-electron chi connectivity index (χ4n) is 4.92. The Morgan fingerprint density at radius 3 is 1.27 bits per heavy atom. The molecule has 0 fully saturated rings. The maximum atomic E-state index is 13.1. The van der Waals surface area contributed by atoms with E-state index in [0.717, 1.165) is 25.2 Å². The Bertz CT molecular complexity index is 1300. The second-order valence-electron chi connectivity index (χ2n) is 12.7. The lowest BCUT2D eigenvalue weighted by Gasteiger charge is -2.13. The third kappa shape index (κ3) is 30.8. The minimum absolute atomic E-state index is 0.00264. The van der Waals surface area contributed by atoms with Crippen molar-refractivity contribution in [1.82, 2.24) is 0 Å². The van der Waals surface area contributed by atoms with Crippen molar-refractivity contribution in [2.45, 2.75) is 31.9 Å². The molecule has 1 N–H and O–H groups in total. The van der Waals surface area contributed by atoms with E-state index < -0.39 is 17.7 Å². The van der Waals surface area contributed by atoms with E-state index in [0.29, 0.717) is 138 Å². The van der Waals surface area contributed by atoms with E-state index in [2.05, 4.69) is 27.9 Å². The van der Waals surface area contributed by atoms with Crippen LogP contribution in [0.2, 0.25) is 0 Å². The number of halogens is 4. The summed E-state index contributed by atoms with van der Waals surface area (Å²) in [5, 5.41) is 2.86. The zero-order valence-electron chi connectivity index (χ0n) is 34.7. The van der Waals surface area contributed by atoms with Crippen LogP contribution >= 0.6 is 22.6 Å². The van der Waals surface area contributed by atoms with E-state index in [4.69, 9.17) is 56.8 Å². The van der Waals surface area contributed by atoms with Crippen LogP contribution in [-0.2, 0) is 63.0 Å². The van der Waals surface area contributed by atoms with Crippen molar-refractivity contribution in [3.05, 3.63) is 59.7 Å². The average molecular weight is 976 g/mol. The van der Waals surface area contributed by atoms with Crippen LogP contribution in [0.1, 0.15) is 41.6 Å². The van der Waals surface area contributed by atoms with Crippen molar-refractivity contribution in [2.75, 3.05) is 162 Å². The SMILES string of the molecule is O=C(OCCOCCOCCOCCOCCOCCOCCOCCOCCOCCOCCOCCCCCCI)c1ccccc1Nc1cccc(C(F)(F)F)c1. The van der Waals surface area contributed by atoms with Gasteiger partial charge < -0.3 is 62.2 Å². The van der Waals surface area contributed by atoms with Crippen molar-refractivity contribution in [3.63, 3.8) is 0 Å². The molecule has 344 valence electrons. The molecule has 0 saturated carbocycles. The molecule has 2 aromatic rings. The van der Waals surface area contributed by atoms with Crippen molar-refractivity contribution in [3.8, 4) is 0 Å². The first kappa shape index (κ1) is 53.9. The molecule has 60 heavy (non-hydrogen) atoms. The van der Waals surface area contributed by atoms with Crippen molar-refractivity contribution in [1.29, 1.82) is 0 Å². The third-order valence-electron chi connectivity index (χ3n) is 7.97. The number of hydrogen-bond donors (Lipinski definition) is 1. The van der Waals surface area contributed by atoms with Gasteiger partial charge in [-0.25, -0.2) is 4.79 Å². The minimum Gasteiger partial charge on any atom is -0.460 e. The molecule has 0 saturated heterocycles. The summed E-state index contributed by atoms with van der Waals surface area (Å²) in [6, 6.07) is 11.1. The van der Waals surface area contributed by atoms with Crippen LogP contribution in [0.15, 0.2) is 48.5 Å². The van der Waals surface area contributed by atoms with E-state index in [-0.39, 0.29) is 24.5 Å². The van der Waals surface area contributed by atoms with Crippen LogP contribution in [-0.4, -0.2) is 162 Å². The zero-order chi connectivity index (χ0) is 43.0. The van der Waals surface area contributed by atoms with Gasteiger partial charge in [0.2, 0.25) is 0 Å². The van der Waals surface area contributed by atoms with Crippen LogP contribution in [0.4, 0.5) is 24.5 Å². The number of nitrogens with one attached hydrogen (secondary N) is 1. The summed E-state index contributed by atoms with van der Waals surface area (Å²) in [7, 11) is 0. The van der Waals surface area contributed by atoms with Crippen molar-refractivity contribution in [2.24, 2.45) is 0 Å². The molecule has 2 rings (SSSR count). The quantitative estimate of drug-likeness (QED) is 0.0324. The lowest BCUT2D eigenvalue weighted by Crippen LogP contribution is -2.16. The summed E-state index contributed by atoms with van der Waals surface area (Å²) in [4.78, 5) is 12.6. The highest BCUT2D eigenvalue weighted by Crippen LogP contribution is 2.32. The predicted octanol–water partition coefficient (Wildman–Crippen LogP) is 6.78. The molecule has 0 heterocycles. The van der Waals surface area contributed by atoms with Crippen molar-refractivity contribution < 1.29 is 74.8 Å². The van der Waals surface area contributed by atoms with Crippen LogP contribution in [0.5, 0.6) is 0 Å². The van der Waals surface area contributed by atoms with Crippen molar-refractivity contribution >= 4 is 39.9 Å². The Morgan fingerprint density at radius 2 is 0.850 bits per heavy atom. The summed E-state index contributed by atoms with van der Waals surface area (Å²) >= 11 is 2.41. The van der Waals surface area contributed by atoms with E-state index >= 15 is 0 Å². The maximum Gasteiger partial charge on any atom is 0.416 e. The van der Waals surface area contributed by atoms with Gasteiger partial charge in [-0.3, -0.25) is 0 Å². The zero-order valence-corrected chi connectivity index (χ0v) is 36.9. The van der Waals surface area contributed by atoms with E-state index in [9.17, 15) is 18.0 Å². The van der Waals surface area contributed by atoms with Crippen LogP contribution in [0, 0.1) is 0 Å². The molecule has 0 amide bonds. The number of esters is 1. The molecule has 2 aromatic carbocycles. The molecule has 0 aromatic heterocycles. The molecular weight excluding hydrogens is 910 g/mol. The first-order valence-corrected chi connectivity index (χ1v) is 22.1. The van der Waals surface area contributed by atoms with E-state index in [1.54, 1.807) is 18.2 Å². The number of carbonyl (C=O) groups excluding carboxylic acids is 1. The minimum atomic E-state index is -4.48. The standard InChI is InChI=1S/C42H65F3INO13/c43-42(44,45)37-8-7-9-38(36-37)47-40-11-4-3-10-39(40)41(48)60-35-34-59-33-32-58-31-30-57-29-28-56-27-26-55-25-24-54-23-22-53-21-20-52-19-18-51-17-16-50-15-14-49-13-6-2-1-5-12-46/h3-4,7-11,36,47H,1-2,5-6,12-35H2. The molecule has 0 aliphatic rings. The molecule has 0 atom stereocenters. The largest absolute Gasteiger partial charge is 0.460 e. The molecular formula is C42H65F3INO13. The van der Waals surface area contributed by atoms with Gasteiger partial charge in [0.1, 0.15) is 6.61 Å². The molecule has 0 unspecified atom stereocenters. The predicted molar refractivity (Wildman–Crippen MR) is 228 cm³/mol. The van der Waals surface area contributed by atoms with Gasteiger partial charge in [0.05, 0.1) is 156 Å². The smallest absolute Gasteiger partial charge is 0.416 e. The summed E-state index contributed by atoms with van der Waals surface area (Å²) < 4.78 is 106. The number of hydrogen-bond acceptors (Lipinski definition) is 14. The lowest BCUT2D eigenvalue weighted by atomic mass is 10.1. The highest BCUT2D eigenvalue weighted by atomic mass is 127. The Kier molecular flexibility index (Phi) is 34.6. The molecule has 0 radical (unpaired) electrons. The molecule has 0 aliphatic heterocycles. The number of unbranched alkanes of at least 4 members (excludes halogenated alkanes) is 3. The molecule has 18 heteroatoms. The monoisotopic (exact) mass is 975 g/mol. The third-order valence-corrected chi connectivity index (χ3v) is 8.73. The first-order valence-electron chi connectivity index (χ1n) is 20.5. The molecule has 0 spiro atoms. The number of carbonyl (C=O) groups is 1. The summed E-state index contributed by atoms with van der Waals surface area (Å²) in [6.07, 6.45) is 0.444. The second-order valence-corrected chi connectivity index (χ2v) is 13.8. The Hall–Kier alpha value is -2.21. The first-order chi connectivity index (χ1) is 29.4.